The molecule has 1 aromatic heterocycles. The average molecular weight is 355 g/mol. The summed E-state index contributed by atoms with van der Waals surface area (Å²) < 4.78 is 28.0. The van der Waals surface area contributed by atoms with Crippen molar-refractivity contribution in [2.75, 3.05) is 6.54 Å². The number of benzene rings is 1. The van der Waals surface area contributed by atoms with E-state index in [0.29, 0.717) is 5.02 Å². The summed E-state index contributed by atoms with van der Waals surface area (Å²) in [5, 5.41) is 1.41. The van der Waals surface area contributed by atoms with Crippen molar-refractivity contribution in [3.63, 3.8) is 0 Å². The Morgan fingerprint density at radius 2 is 2.00 bits per heavy atom. The molecule has 1 aromatic carbocycles. The van der Waals surface area contributed by atoms with E-state index in [1.807, 2.05) is 6.07 Å². The average Bonchev–Trinajstić information content (AvgIpc) is 2.69. The fourth-order valence-electron chi connectivity index (χ4n) is 1.47. The Balaban J connectivity index is 0.00000200. The predicted octanol–water partition coefficient (Wildman–Crippen LogP) is 2.99. The zero-order valence-electron chi connectivity index (χ0n) is 11.0. The molecule has 8 heteroatoms. The van der Waals surface area contributed by atoms with Crippen LogP contribution in [0.25, 0.3) is 10.1 Å². The second kappa shape index (κ2) is 6.17. The molecule has 20 heavy (non-hydrogen) atoms. The highest BCUT2D eigenvalue weighted by Gasteiger charge is 2.20. The quantitative estimate of drug-likeness (QED) is 0.886. The van der Waals surface area contributed by atoms with E-state index >= 15 is 0 Å². The predicted molar refractivity (Wildman–Crippen MR) is 87.5 cm³/mol. The van der Waals surface area contributed by atoms with Gasteiger partial charge in [0.05, 0.1) is 0 Å². The van der Waals surface area contributed by atoms with Crippen LogP contribution in [0.4, 0.5) is 0 Å². The second-order valence-corrected chi connectivity index (χ2v) is 8.57. The largest absolute Gasteiger partial charge is 0.324 e. The van der Waals surface area contributed by atoms with Gasteiger partial charge in [0.2, 0.25) is 10.0 Å². The van der Waals surface area contributed by atoms with Gasteiger partial charge in [-0.15, -0.1) is 23.7 Å². The number of nitrogens with one attached hydrogen (secondary N) is 1. The highest BCUT2D eigenvalue weighted by Crippen LogP contribution is 2.30. The fraction of sp³-hybridized carbons (Fsp3) is 0.333. The van der Waals surface area contributed by atoms with Gasteiger partial charge in [-0.3, -0.25) is 0 Å². The molecule has 1 heterocycles. The molecule has 0 atom stereocenters. The molecular formula is C12H16Cl2N2O2S2. The maximum Gasteiger partial charge on any atom is 0.250 e. The van der Waals surface area contributed by atoms with Gasteiger partial charge >= 0.3 is 0 Å². The SMILES string of the molecule is CC(C)(N)CNS(=O)(=O)c1cc2cc(Cl)ccc2s1.Cl. The van der Waals surface area contributed by atoms with Crippen LogP contribution in [-0.2, 0) is 10.0 Å². The number of nitrogens with two attached hydrogens (primary N) is 1. The summed E-state index contributed by atoms with van der Waals surface area (Å²) in [7, 11) is -3.52. The summed E-state index contributed by atoms with van der Waals surface area (Å²) in [6.45, 7) is 3.71. The lowest BCUT2D eigenvalue weighted by molar-refractivity contribution is 0.498. The van der Waals surface area contributed by atoms with Crippen molar-refractivity contribution in [3.05, 3.63) is 29.3 Å². The van der Waals surface area contributed by atoms with E-state index in [9.17, 15) is 8.42 Å². The summed E-state index contributed by atoms with van der Waals surface area (Å²) in [4.78, 5) is 0. The molecule has 0 aliphatic carbocycles. The highest BCUT2D eigenvalue weighted by atomic mass is 35.5. The lowest BCUT2D eigenvalue weighted by Crippen LogP contribution is -2.44. The first-order chi connectivity index (χ1) is 8.67. The number of hydrogen-bond donors (Lipinski definition) is 2. The van der Waals surface area contributed by atoms with E-state index in [0.717, 1.165) is 10.1 Å². The van der Waals surface area contributed by atoms with Crippen molar-refractivity contribution in [1.29, 1.82) is 0 Å². The summed E-state index contributed by atoms with van der Waals surface area (Å²) in [6.07, 6.45) is 0. The van der Waals surface area contributed by atoms with Gasteiger partial charge in [0.25, 0.3) is 0 Å². The van der Waals surface area contributed by atoms with Gasteiger partial charge in [0.15, 0.2) is 0 Å². The molecule has 2 rings (SSSR count). The molecule has 0 aliphatic heterocycles. The van der Waals surface area contributed by atoms with Crippen molar-refractivity contribution in [2.24, 2.45) is 5.73 Å². The van der Waals surface area contributed by atoms with Crippen LogP contribution in [0, 0.1) is 0 Å². The van der Waals surface area contributed by atoms with Crippen molar-refractivity contribution in [2.45, 2.75) is 23.6 Å². The first-order valence-electron chi connectivity index (χ1n) is 5.65. The highest BCUT2D eigenvalue weighted by molar-refractivity contribution is 7.91. The molecule has 0 amide bonds. The molecule has 0 radical (unpaired) electrons. The minimum Gasteiger partial charge on any atom is -0.324 e. The van der Waals surface area contributed by atoms with Crippen LogP contribution < -0.4 is 10.5 Å². The molecular weight excluding hydrogens is 339 g/mol. The second-order valence-electron chi connectivity index (χ2n) is 5.06. The first kappa shape index (κ1) is 17.7. The lowest BCUT2D eigenvalue weighted by Gasteiger charge is -2.18. The zero-order chi connectivity index (χ0) is 14.3. The normalized spacial score (nSPS) is 12.4. The Labute approximate surface area is 133 Å². The minimum absolute atomic E-state index is 0. The topological polar surface area (TPSA) is 72.2 Å². The third-order valence-corrected chi connectivity index (χ3v) is 5.66. The van der Waals surface area contributed by atoms with Crippen molar-refractivity contribution >= 4 is 55.5 Å². The summed E-state index contributed by atoms with van der Waals surface area (Å²) >= 11 is 7.10. The number of fused-ring (bicyclic) bond motifs is 1. The van der Waals surface area contributed by atoms with E-state index in [1.165, 1.54) is 11.3 Å². The smallest absolute Gasteiger partial charge is 0.250 e. The van der Waals surface area contributed by atoms with E-state index in [2.05, 4.69) is 4.72 Å². The van der Waals surface area contributed by atoms with Crippen LogP contribution in [0.3, 0.4) is 0 Å². The summed E-state index contributed by atoms with van der Waals surface area (Å²) in [6, 6.07) is 6.93. The van der Waals surface area contributed by atoms with Crippen LogP contribution >= 0.6 is 35.3 Å². The Morgan fingerprint density at radius 1 is 1.35 bits per heavy atom. The Kier molecular flexibility index (Phi) is 5.46. The van der Waals surface area contributed by atoms with Gasteiger partial charge in [0.1, 0.15) is 4.21 Å². The number of hydrogen-bond acceptors (Lipinski definition) is 4. The van der Waals surface area contributed by atoms with Gasteiger partial charge < -0.3 is 5.73 Å². The summed E-state index contributed by atoms with van der Waals surface area (Å²) in [5.74, 6) is 0. The maximum absolute atomic E-state index is 12.1. The molecule has 4 nitrogen and oxygen atoms in total. The molecule has 0 aliphatic rings. The van der Waals surface area contributed by atoms with Crippen LogP contribution in [0.1, 0.15) is 13.8 Å². The van der Waals surface area contributed by atoms with E-state index in [-0.39, 0.29) is 23.2 Å². The van der Waals surface area contributed by atoms with Crippen LogP contribution in [-0.4, -0.2) is 20.5 Å². The molecule has 0 saturated heterocycles. The van der Waals surface area contributed by atoms with E-state index < -0.39 is 15.6 Å². The molecule has 2 aromatic rings. The maximum atomic E-state index is 12.1. The number of thiophene rings is 1. The van der Waals surface area contributed by atoms with E-state index in [1.54, 1.807) is 32.0 Å². The first-order valence-corrected chi connectivity index (χ1v) is 8.33. The molecule has 0 spiro atoms. The van der Waals surface area contributed by atoms with Gasteiger partial charge in [0, 0.05) is 21.8 Å². The minimum atomic E-state index is -3.52. The Bertz CT molecular complexity index is 706. The van der Waals surface area contributed by atoms with Crippen molar-refractivity contribution < 1.29 is 8.42 Å². The monoisotopic (exact) mass is 354 g/mol. The van der Waals surface area contributed by atoms with Gasteiger partial charge in [-0.1, -0.05) is 11.6 Å². The molecule has 0 fully saturated rings. The Hall–Kier alpha value is -0.370. The number of sulfonamides is 1. The third kappa shape index (κ3) is 4.31. The third-order valence-electron chi connectivity index (χ3n) is 2.44. The van der Waals surface area contributed by atoms with Gasteiger partial charge in [-0.2, -0.15) is 0 Å². The van der Waals surface area contributed by atoms with Gasteiger partial charge in [-0.05, 0) is 43.5 Å². The van der Waals surface area contributed by atoms with Crippen LogP contribution in [0.5, 0.6) is 0 Å². The summed E-state index contributed by atoms with van der Waals surface area (Å²) in [5.41, 5.74) is 5.18. The molecule has 0 saturated carbocycles. The van der Waals surface area contributed by atoms with Crippen molar-refractivity contribution in [1.82, 2.24) is 4.72 Å². The Morgan fingerprint density at radius 3 is 2.60 bits per heavy atom. The fourth-order valence-corrected chi connectivity index (χ4v) is 4.30. The molecule has 0 bridgehead atoms. The molecule has 3 N–H and O–H groups in total. The van der Waals surface area contributed by atoms with Crippen molar-refractivity contribution in [3.8, 4) is 0 Å². The standard InChI is InChI=1S/C12H15ClN2O2S2.ClH/c1-12(2,14)7-15-19(16,17)11-6-8-5-9(13)3-4-10(8)18-11;/h3-6,15H,7,14H2,1-2H3;1H. The lowest BCUT2D eigenvalue weighted by atomic mass is 10.1. The molecule has 112 valence electrons. The zero-order valence-corrected chi connectivity index (χ0v) is 14.2. The number of rotatable bonds is 4. The number of halogens is 2. The van der Waals surface area contributed by atoms with E-state index in [4.69, 9.17) is 17.3 Å². The molecule has 0 unspecified atom stereocenters. The van der Waals surface area contributed by atoms with Gasteiger partial charge in [-0.25, -0.2) is 13.1 Å². The van der Waals surface area contributed by atoms with Crippen LogP contribution in [0.15, 0.2) is 28.5 Å². The van der Waals surface area contributed by atoms with Crippen LogP contribution in [0.2, 0.25) is 5.02 Å².